The molecule has 3 heterocycles. The van der Waals surface area contributed by atoms with E-state index < -0.39 is 0 Å². The molecule has 1 aliphatic rings. The van der Waals surface area contributed by atoms with Crippen LogP contribution in [0.2, 0.25) is 0 Å². The molecule has 1 aliphatic heterocycles. The number of aromatic nitrogens is 5. The molecule has 106 valence electrons. The maximum absolute atomic E-state index is 4.32. The third-order valence-electron chi connectivity index (χ3n) is 3.43. The molecule has 0 saturated heterocycles. The van der Waals surface area contributed by atoms with Crippen molar-refractivity contribution in [3.63, 3.8) is 0 Å². The minimum atomic E-state index is 0.704. The third-order valence-corrected chi connectivity index (χ3v) is 3.84. The molecular weight excluding hydrogens is 320 g/mol. The Balaban J connectivity index is 1.65. The van der Waals surface area contributed by atoms with Crippen molar-refractivity contribution in [2.75, 3.05) is 7.05 Å². The Kier molecular flexibility index (Phi) is 4.07. The summed E-state index contributed by atoms with van der Waals surface area (Å²) in [4.78, 5) is 10.7. The number of fused-ring (bicyclic) bond motifs is 1. The fraction of sp³-hybridized carbons (Fsp3) is 0.538. The van der Waals surface area contributed by atoms with E-state index in [1.54, 1.807) is 12.4 Å². The summed E-state index contributed by atoms with van der Waals surface area (Å²) < 4.78 is 3.15. The van der Waals surface area contributed by atoms with Crippen LogP contribution in [0.25, 0.3) is 0 Å². The van der Waals surface area contributed by atoms with Gasteiger partial charge in [-0.1, -0.05) is 0 Å². The molecule has 0 unspecified atom stereocenters. The lowest BCUT2D eigenvalue weighted by molar-refractivity contribution is 0.294. The summed E-state index contributed by atoms with van der Waals surface area (Å²) in [6.45, 7) is 2.52. The topological polar surface area (TPSA) is 59.7 Å². The fourth-order valence-corrected chi connectivity index (χ4v) is 2.65. The molecule has 0 fully saturated rings. The minimum Gasteiger partial charge on any atom is -0.314 e. The number of nitrogens with zero attached hydrogens (tertiary/aromatic N) is 6. The molecule has 2 aromatic rings. The van der Waals surface area contributed by atoms with Crippen molar-refractivity contribution in [3.05, 3.63) is 34.3 Å². The molecular formula is C13H17BrN6. The van der Waals surface area contributed by atoms with E-state index >= 15 is 0 Å². The number of hydrogen-bond acceptors (Lipinski definition) is 5. The van der Waals surface area contributed by atoms with Crippen molar-refractivity contribution in [3.8, 4) is 0 Å². The first-order valence-electron chi connectivity index (χ1n) is 6.78. The molecule has 0 N–H and O–H groups in total. The van der Waals surface area contributed by atoms with Crippen LogP contribution in [-0.4, -0.2) is 36.7 Å². The standard InChI is InChI=1S/C13H17BrN6/c1-19(8-11-15-6-10(14)7-16-11)9-13-18-17-12-4-2-3-5-20(12)13/h6-7H,2-5,8-9H2,1H3. The molecule has 0 saturated carbocycles. The van der Waals surface area contributed by atoms with Crippen LogP contribution >= 0.6 is 15.9 Å². The van der Waals surface area contributed by atoms with Crippen LogP contribution in [0.4, 0.5) is 0 Å². The number of hydrogen-bond donors (Lipinski definition) is 0. The summed E-state index contributed by atoms with van der Waals surface area (Å²) >= 11 is 3.34. The van der Waals surface area contributed by atoms with Crippen molar-refractivity contribution in [1.29, 1.82) is 0 Å². The van der Waals surface area contributed by atoms with Gasteiger partial charge in [0, 0.05) is 25.4 Å². The highest BCUT2D eigenvalue weighted by molar-refractivity contribution is 9.10. The van der Waals surface area contributed by atoms with E-state index in [1.807, 2.05) is 0 Å². The summed E-state index contributed by atoms with van der Waals surface area (Å²) in [7, 11) is 2.05. The lowest BCUT2D eigenvalue weighted by Gasteiger charge is -2.18. The zero-order valence-corrected chi connectivity index (χ0v) is 13.0. The van der Waals surface area contributed by atoms with Gasteiger partial charge >= 0.3 is 0 Å². The van der Waals surface area contributed by atoms with Gasteiger partial charge in [0.1, 0.15) is 17.5 Å². The molecule has 0 spiro atoms. The van der Waals surface area contributed by atoms with Crippen LogP contribution in [0, 0.1) is 0 Å². The van der Waals surface area contributed by atoms with Crippen LogP contribution in [-0.2, 0) is 26.1 Å². The quantitative estimate of drug-likeness (QED) is 0.851. The Morgan fingerprint density at radius 2 is 2.00 bits per heavy atom. The van der Waals surface area contributed by atoms with E-state index in [4.69, 9.17) is 0 Å². The van der Waals surface area contributed by atoms with Crippen molar-refractivity contribution in [2.24, 2.45) is 0 Å². The Morgan fingerprint density at radius 3 is 2.80 bits per heavy atom. The van der Waals surface area contributed by atoms with Crippen molar-refractivity contribution in [1.82, 2.24) is 29.6 Å². The van der Waals surface area contributed by atoms with Crippen LogP contribution in [0.15, 0.2) is 16.9 Å². The largest absolute Gasteiger partial charge is 0.314 e. The van der Waals surface area contributed by atoms with Crippen molar-refractivity contribution in [2.45, 2.75) is 38.9 Å². The van der Waals surface area contributed by atoms with Gasteiger partial charge in [-0.05, 0) is 35.8 Å². The van der Waals surface area contributed by atoms with Gasteiger partial charge in [0.2, 0.25) is 0 Å². The second kappa shape index (κ2) is 5.97. The highest BCUT2D eigenvalue weighted by Crippen LogP contribution is 2.15. The predicted molar refractivity (Wildman–Crippen MR) is 77.9 cm³/mol. The monoisotopic (exact) mass is 336 g/mol. The smallest absolute Gasteiger partial charge is 0.147 e. The molecule has 0 aliphatic carbocycles. The van der Waals surface area contributed by atoms with Gasteiger partial charge in [-0.15, -0.1) is 10.2 Å². The Bertz CT molecular complexity index is 579. The van der Waals surface area contributed by atoms with E-state index in [9.17, 15) is 0 Å². The van der Waals surface area contributed by atoms with Gasteiger partial charge in [-0.3, -0.25) is 4.90 Å². The maximum Gasteiger partial charge on any atom is 0.147 e. The first kappa shape index (κ1) is 13.6. The van der Waals surface area contributed by atoms with Crippen molar-refractivity contribution < 1.29 is 0 Å². The van der Waals surface area contributed by atoms with Crippen LogP contribution in [0.1, 0.15) is 30.3 Å². The lowest BCUT2D eigenvalue weighted by Crippen LogP contribution is -2.22. The normalized spacial score (nSPS) is 14.6. The number of aryl methyl sites for hydroxylation is 1. The summed E-state index contributed by atoms with van der Waals surface area (Å²) in [6.07, 6.45) is 7.04. The predicted octanol–water partition coefficient (Wildman–Crippen LogP) is 1.80. The van der Waals surface area contributed by atoms with E-state index in [1.165, 1.54) is 12.8 Å². The molecule has 0 aromatic carbocycles. The van der Waals surface area contributed by atoms with E-state index in [0.717, 1.165) is 41.5 Å². The average Bonchev–Trinajstić information content (AvgIpc) is 2.85. The highest BCUT2D eigenvalue weighted by atomic mass is 79.9. The van der Waals surface area contributed by atoms with Gasteiger partial charge < -0.3 is 4.57 Å². The summed E-state index contributed by atoms with van der Waals surface area (Å²) in [6, 6.07) is 0. The molecule has 0 bridgehead atoms. The van der Waals surface area contributed by atoms with E-state index in [0.29, 0.717) is 6.54 Å². The van der Waals surface area contributed by atoms with E-state index in [-0.39, 0.29) is 0 Å². The maximum atomic E-state index is 4.32. The van der Waals surface area contributed by atoms with Crippen LogP contribution in [0.5, 0.6) is 0 Å². The first-order valence-corrected chi connectivity index (χ1v) is 7.57. The van der Waals surface area contributed by atoms with Gasteiger partial charge in [-0.25, -0.2) is 9.97 Å². The van der Waals surface area contributed by atoms with Gasteiger partial charge in [0.15, 0.2) is 0 Å². The molecule has 2 aromatic heterocycles. The van der Waals surface area contributed by atoms with Crippen LogP contribution < -0.4 is 0 Å². The summed E-state index contributed by atoms with van der Waals surface area (Å²) in [5, 5.41) is 8.59. The molecule has 3 rings (SSSR count). The summed E-state index contributed by atoms with van der Waals surface area (Å²) in [5.74, 6) is 2.98. The Labute approximate surface area is 126 Å². The lowest BCUT2D eigenvalue weighted by atomic mass is 10.2. The molecule has 0 atom stereocenters. The van der Waals surface area contributed by atoms with Crippen LogP contribution in [0.3, 0.4) is 0 Å². The van der Waals surface area contributed by atoms with Gasteiger partial charge in [0.05, 0.1) is 17.6 Å². The third kappa shape index (κ3) is 3.04. The first-order chi connectivity index (χ1) is 9.72. The van der Waals surface area contributed by atoms with E-state index in [2.05, 4.69) is 52.6 Å². The SMILES string of the molecule is CN(Cc1ncc(Br)cn1)Cc1nnc2n1CCCC2. The molecule has 6 nitrogen and oxygen atoms in total. The zero-order chi connectivity index (χ0) is 13.9. The number of halogens is 1. The van der Waals surface area contributed by atoms with Gasteiger partial charge in [-0.2, -0.15) is 0 Å². The average molecular weight is 337 g/mol. The molecule has 0 radical (unpaired) electrons. The Hall–Kier alpha value is -1.34. The summed E-state index contributed by atoms with van der Waals surface area (Å²) in [5.41, 5.74) is 0. The zero-order valence-electron chi connectivity index (χ0n) is 11.5. The number of rotatable bonds is 4. The molecule has 0 amide bonds. The second-order valence-corrected chi connectivity index (χ2v) is 6.05. The second-order valence-electron chi connectivity index (χ2n) is 5.13. The highest BCUT2D eigenvalue weighted by Gasteiger charge is 2.16. The van der Waals surface area contributed by atoms with Crippen molar-refractivity contribution >= 4 is 15.9 Å². The van der Waals surface area contributed by atoms with Gasteiger partial charge in [0.25, 0.3) is 0 Å². The fourth-order valence-electron chi connectivity index (χ4n) is 2.44. The minimum absolute atomic E-state index is 0.704. The Morgan fingerprint density at radius 1 is 1.20 bits per heavy atom. The molecule has 20 heavy (non-hydrogen) atoms. The molecule has 7 heteroatoms.